The number of nitrogens with zero attached hydrogens (tertiary/aromatic N) is 4. The van der Waals surface area contributed by atoms with Crippen LogP contribution in [0.15, 0.2) is 40.6 Å². The summed E-state index contributed by atoms with van der Waals surface area (Å²) in [7, 11) is 0. The monoisotopic (exact) mass is 387 g/mol. The van der Waals surface area contributed by atoms with Gasteiger partial charge in [0.2, 0.25) is 0 Å². The van der Waals surface area contributed by atoms with Crippen LogP contribution in [0.4, 0.5) is 9.18 Å². The van der Waals surface area contributed by atoms with Crippen LogP contribution in [0.2, 0.25) is 0 Å². The topological polar surface area (TPSA) is 101 Å². The third kappa shape index (κ3) is 3.88. The molecule has 1 atom stereocenters. The van der Waals surface area contributed by atoms with Crippen molar-refractivity contribution in [2.24, 2.45) is 10.1 Å². The number of ether oxygens (including phenoxy) is 1. The zero-order valence-corrected chi connectivity index (χ0v) is 16.1. The van der Waals surface area contributed by atoms with E-state index in [-0.39, 0.29) is 12.4 Å². The predicted octanol–water partition coefficient (Wildman–Crippen LogP) is 3.03. The van der Waals surface area contributed by atoms with Crippen molar-refractivity contribution in [1.82, 2.24) is 14.9 Å². The molecule has 2 aromatic rings. The van der Waals surface area contributed by atoms with Gasteiger partial charge in [-0.3, -0.25) is 10.3 Å². The number of amidine groups is 1. The summed E-state index contributed by atoms with van der Waals surface area (Å²) in [4.78, 5) is 21.1. The minimum Gasteiger partial charge on any atom is -0.444 e. The third-order valence-corrected chi connectivity index (χ3v) is 4.20. The van der Waals surface area contributed by atoms with Crippen molar-refractivity contribution in [1.29, 1.82) is 0 Å². The lowest BCUT2D eigenvalue weighted by Gasteiger charge is -2.33. The van der Waals surface area contributed by atoms with E-state index in [0.717, 1.165) is 0 Å². The minimum atomic E-state index is -1.03. The summed E-state index contributed by atoms with van der Waals surface area (Å²) in [5.74, 6) is 0.126. The first-order valence-corrected chi connectivity index (χ1v) is 8.71. The molecule has 1 amide bonds. The molecule has 148 valence electrons. The zero-order chi connectivity index (χ0) is 20.5. The molecule has 2 heterocycles. The molecule has 0 saturated heterocycles. The van der Waals surface area contributed by atoms with Crippen molar-refractivity contribution in [3.05, 3.63) is 53.4 Å². The van der Waals surface area contributed by atoms with Crippen LogP contribution < -0.4 is 5.32 Å². The van der Waals surface area contributed by atoms with Crippen LogP contribution in [0.1, 0.15) is 44.8 Å². The average molecular weight is 387 g/mol. The fourth-order valence-electron chi connectivity index (χ4n) is 3.08. The molecule has 0 unspecified atom stereocenters. The maximum atomic E-state index is 14.5. The van der Waals surface area contributed by atoms with Crippen molar-refractivity contribution >= 4 is 18.1 Å². The van der Waals surface area contributed by atoms with E-state index < -0.39 is 23.1 Å². The van der Waals surface area contributed by atoms with Gasteiger partial charge in [0, 0.05) is 5.56 Å². The molecule has 2 N–H and O–H groups in total. The van der Waals surface area contributed by atoms with Crippen LogP contribution in [-0.4, -0.2) is 38.5 Å². The average Bonchev–Trinajstić information content (AvgIpc) is 2.96. The second kappa shape index (κ2) is 7.06. The standard InChI is InChI=1S/C19H22FN5O3/c1-18(2,3)28-17(26)23-16-14-9-21-15(10-22-27)25(14)11-19(4,24-16)12-7-5-6-8-13(12)20/h5-10,27H,11H2,1-4H3,(H,23,24,26)/b22-10+/t19-/m0/s1. The van der Waals surface area contributed by atoms with Crippen LogP contribution in [-0.2, 0) is 16.8 Å². The summed E-state index contributed by atoms with van der Waals surface area (Å²) in [6, 6.07) is 6.32. The first-order chi connectivity index (χ1) is 13.1. The van der Waals surface area contributed by atoms with Gasteiger partial charge in [-0.15, -0.1) is 0 Å². The molecule has 3 rings (SSSR count). The van der Waals surface area contributed by atoms with Gasteiger partial charge >= 0.3 is 6.09 Å². The lowest BCUT2D eigenvalue weighted by molar-refractivity contribution is 0.0562. The molecule has 1 aliphatic rings. The number of alkyl carbamates (subject to hydrolysis) is 1. The fraction of sp³-hybridized carbons (Fsp3) is 0.368. The zero-order valence-electron chi connectivity index (χ0n) is 16.1. The van der Waals surface area contributed by atoms with E-state index in [9.17, 15) is 9.18 Å². The molecule has 1 aromatic heterocycles. The van der Waals surface area contributed by atoms with E-state index >= 15 is 0 Å². The van der Waals surface area contributed by atoms with E-state index in [2.05, 4.69) is 20.4 Å². The molecular formula is C19H22FN5O3. The summed E-state index contributed by atoms with van der Waals surface area (Å²) < 4.78 is 21.5. The maximum Gasteiger partial charge on any atom is 0.413 e. The second-order valence-corrected chi connectivity index (χ2v) is 7.67. The summed E-state index contributed by atoms with van der Waals surface area (Å²) in [5.41, 5.74) is -0.857. The van der Waals surface area contributed by atoms with Crippen molar-refractivity contribution in [3.63, 3.8) is 0 Å². The van der Waals surface area contributed by atoms with Gasteiger partial charge < -0.3 is 14.5 Å². The van der Waals surface area contributed by atoms with E-state index in [4.69, 9.17) is 9.94 Å². The number of amides is 1. The van der Waals surface area contributed by atoms with Gasteiger partial charge in [0.25, 0.3) is 0 Å². The molecule has 0 fully saturated rings. The van der Waals surface area contributed by atoms with Crippen LogP contribution in [0.25, 0.3) is 0 Å². The number of hydrogen-bond acceptors (Lipinski definition) is 6. The fourth-order valence-corrected chi connectivity index (χ4v) is 3.08. The van der Waals surface area contributed by atoms with E-state index in [1.54, 1.807) is 50.5 Å². The summed E-state index contributed by atoms with van der Waals surface area (Å²) >= 11 is 0. The lowest BCUT2D eigenvalue weighted by atomic mass is 9.90. The molecule has 1 aliphatic heterocycles. The number of nitrogens with one attached hydrogen (secondary N) is 1. The number of halogens is 1. The Bertz CT molecular complexity index is 961. The molecule has 0 saturated carbocycles. The van der Waals surface area contributed by atoms with Gasteiger partial charge in [-0.2, -0.15) is 0 Å². The lowest BCUT2D eigenvalue weighted by Crippen LogP contribution is -2.43. The number of fused-ring (bicyclic) bond motifs is 1. The van der Waals surface area contributed by atoms with Gasteiger partial charge in [0.15, 0.2) is 11.7 Å². The number of benzene rings is 1. The Morgan fingerprint density at radius 3 is 2.79 bits per heavy atom. The first-order valence-electron chi connectivity index (χ1n) is 8.71. The number of aliphatic imine (C=N–C) groups is 1. The van der Waals surface area contributed by atoms with Gasteiger partial charge in [0.1, 0.15) is 28.9 Å². The van der Waals surface area contributed by atoms with Crippen LogP contribution >= 0.6 is 0 Å². The minimum absolute atomic E-state index is 0.191. The smallest absolute Gasteiger partial charge is 0.413 e. The molecule has 8 nitrogen and oxygen atoms in total. The predicted molar refractivity (Wildman–Crippen MR) is 101 cm³/mol. The number of rotatable bonds is 2. The Kier molecular flexibility index (Phi) is 4.93. The molecule has 0 radical (unpaired) electrons. The van der Waals surface area contributed by atoms with Gasteiger partial charge in [0.05, 0.1) is 12.7 Å². The molecule has 28 heavy (non-hydrogen) atoms. The summed E-state index contributed by atoms with van der Waals surface area (Å²) in [5, 5.41) is 14.6. The molecule has 0 bridgehead atoms. The van der Waals surface area contributed by atoms with Crippen molar-refractivity contribution in [3.8, 4) is 0 Å². The van der Waals surface area contributed by atoms with Crippen molar-refractivity contribution in [2.75, 3.05) is 0 Å². The largest absolute Gasteiger partial charge is 0.444 e. The van der Waals surface area contributed by atoms with E-state index in [1.807, 2.05) is 0 Å². The molecule has 1 aromatic carbocycles. The van der Waals surface area contributed by atoms with Crippen LogP contribution in [0, 0.1) is 5.82 Å². The summed E-state index contributed by atoms with van der Waals surface area (Å²) in [6.45, 7) is 7.24. The number of aromatic nitrogens is 2. The Morgan fingerprint density at radius 1 is 1.43 bits per heavy atom. The van der Waals surface area contributed by atoms with E-state index in [0.29, 0.717) is 17.1 Å². The van der Waals surface area contributed by atoms with Crippen molar-refractivity contribution < 1.29 is 19.1 Å². The number of oxime groups is 1. The highest BCUT2D eigenvalue weighted by Gasteiger charge is 2.37. The molecular weight excluding hydrogens is 365 g/mol. The maximum absolute atomic E-state index is 14.5. The number of hydrogen-bond donors (Lipinski definition) is 2. The Labute approximate surface area is 161 Å². The molecule has 9 heteroatoms. The normalized spacial score (nSPS) is 19.2. The van der Waals surface area contributed by atoms with Crippen LogP contribution in [0.5, 0.6) is 0 Å². The number of carbonyl (C=O) groups is 1. The van der Waals surface area contributed by atoms with Gasteiger partial charge in [-0.05, 0) is 33.8 Å². The van der Waals surface area contributed by atoms with E-state index in [1.165, 1.54) is 18.5 Å². The van der Waals surface area contributed by atoms with Gasteiger partial charge in [-0.25, -0.2) is 14.2 Å². The summed E-state index contributed by atoms with van der Waals surface area (Å²) in [6.07, 6.45) is 1.98. The Hall–Kier alpha value is -3.23. The third-order valence-electron chi connectivity index (χ3n) is 4.20. The Balaban J connectivity index is 2.07. The van der Waals surface area contributed by atoms with Gasteiger partial charge in [-0.1, -0.05) is 23.4 Å². The SMILES string of the molecule is CC(C)(C)OC(=O)NC1=N[C@](C)(c2ccccc2F)Cn2c1cnc2/C=N/O. The highest BCUT2D eigenvalue weighted by Crippen LogP contribution is 2.34. The Morgan fingerprint density at radius 2 is 2.14 bits per heavy atom. The quantitative estimate of drug-likeness (QED) is 0.470. The highest BCUT2D eigenvalue weighted by molar-refractivity contribution is 6.06. The van der Waals surface area contributed by atoms with Crippen LogP contribution in [0.3, 0.4) is 0 Å². The highest BCUT2D eigenvalue weighted by atomic mass is 19.1. The number of imidazole rings is 1. The number of carbonyl (C=O) groups excluding carboxylic acids is 1. The van der Waals surface area contributed by atoms with Crippen molar-refractivity contribution in [2.45, 2.75) is 45.4 Å². The second-order valence-electron chi connectivity index (χ2n) is 7.67. The molecule has 0 aliphatic carbocycles. The first kappa shape index (κ1) is 19.5. The molecule has 0 spiro atoms.